The molecule has 1 atom stereocenters. The van der Waals surface area contributed by atoms with Gasteiger partial charge in [-0.3, -0.25) is 9.48 Å². The topological polar surface area (TPSA) is 73.2 Å². The van der Waals surface area contributed by atoms with E-state index < -0.39 is 12.1 Å². The smallest absolute Gasteiger partial charge is 0.331 e. The van der Waals surface area contributed by atoms with Crippen LogP contribution in [-0.2, 0) is 21.4 Å². The van der Waals surface area contributed by atoms with Gasteiger partial charge in [-0.15, -0.1) is 0 Å². The van der Waals surface area contributed by atoms with Crippen LogP contribution in [0.4, 0.5) is 5.69 Å². The first kappa shape index (κ1) is 19.4. The van der Waals surface area contributed by atoms with Crippen LogP contribution in [0.1, 0.15) is 35.0 Å². The third-order valence-corrected chi connectivity index (χ3v) is 4.25. The molecule has 0 saturated carbocycles. The molecular formula is C20H25N3O3. The summed E-state index contributed by atoms with van der Waals surface area (Å²) in [5, 5.41) is 7.07. The van der Waals surface area contributed by atoms with Crippen LogP contribution in [0.25, 0.3) is 6.08 Å². The van der Waals surface area contributed by atoms with E-state index in [0.717, 1.165) is 28.1 Å². The van der Waals surface area contributed by atoms with Crippen molar-refractivity contribution in [2.75, 3.05) is 5.32 Å². The van der Waals surface area contributed by atoms with Gasteiger partial charge in [0.1, 0.15) is 0 Å². The van der Waals surface area contributed by atoms with E-state index in [1.54, 1.807) is 17.7 Å². The number of nitrogens with zero attached hydrogens (tertiary/aromatic N) is 2. The SMILES string of the molecule is Cc1ccc(NC(=O)[C@@H](C)OC(=O)/C=C/c2c(C)nn(C)c2C)c(C)c1. The van der Waals surface area contributed by atoms with Crippen molar-refractivity contribution in [2.45, 2.75) is 40.7 Å². The lowest BCUT2D eigenvalue weighted by molar-refractivity contribution is -0.148. The fraction of sp³-hybridized carbons (Fsp3) is 0.350. The summed E-state index contributed by atoms with van der Waals surface area (Å²) in [6.45, 7) is 9.25. The lowest BCUT2D eigenvalue weighted by Gasteiger charge is -2.14. The van der Waals surface area contributed by atoms with Gasteiger partial charge in [-0.25, -0.2) is 4.79 Å². The predicted molar refractivity (Wildman–Crippen MR) is 102 cm³/mol. The Kier molecular flexibility index (Phi) is 5.97. The largest absolute Gasteiger partial charge is 0.449 e. The Labute approximate surface area is 153 Å². The van der Waals surface area contributed by atoms with Gasteiger partial charge in [0.2, 0.25) is 0 Å². The number of rotatable bonds is 5. The Morgan fingerprint density at radius 3 is 2.50 bits per heavy atom. The summed E-state index contributed by atoms with van der Waals surface area (Å²) in [6, 6.07) is 5.74. The zero-order chi connectivity index (χ0) is 19.4. The van der Waals surface area contributed by atoms with Crippen LogP contribution in [0.5, 0.6) is 0 Å². The van der Waals surface area contributed by atoms with Crippen LogP contribution in [0.15, 0.2) is 24.3 Å². The number of amides is 1. The zero-order valence-corrected chi connectivity index (χ0v) is 16.1. The van der Waals surface area contributed by atoms with Crippen molar-refractivity contribution in [3.05, 3.63) is 52.4 Å². The molecule has 1 heterocycles. The molecule has 1 amide bonds. The van der Waals surface area contributed by atoms with Crippen molar-refractivity contribution in [1.82, 2.24) is 9.78 Å². The number of carbonyl (C=O) groups excluding carboxylic acids is 2. The lowest BCUT2D eigenvalue weighted by Crippen LogP contribution is -2.29. The molecule has 26 heavy (non-hydrogen) atoms. The lowest BCUT2D eigenvalue weighted by atomic mass is 10.1. The summed E-state index contributed by atoms with van der Waals surface area (Å²) in [5.74, 6) is -0.941. The number of esters is 1. The van der Waals surface area contributed by atoms with Crippen LogP contribution in [-0.4, -0.2) is 27.8 Å². The van der Waals surface area contributed by atoms with E-state index >= 15 is 0 Å². The fourth-order valence-electron chi connectivity index (χ4n) is 2.64. The molecule has 0 bridgehead atoms. The first-order chi connectivity index (χ1) is 12.2. The Balaban J connectivity index is 1.97. The molecule has 6 heteroatoms. The number of hydrogen-bond acceptors (Lipinski definition) is 4. The molecule has 0 saturated heterocycles. The third kappa shape index (κ3) is 4.59. The van der Waals surface area contributed by atoms with Crippen molar-refractivity contribution in [3.8, 4) is 0 Å². The second-order valence-electron chi connectivity index (χ2n) is 6.43. The Morgan fingerprint density at radius 2 is 1.92 bits per heavy atom. The van der Waals surface area contributed by atoms with Gasteiger partial charge < -0.3 is 10.1 Å². The quantitative estimate of drug-likeness (QED) is 0.660. The van der Waals surface area contributed by atoms with Gasteiger partial charge in [0.05, 0.1) is 5.69 Å². The maximum atomic E-state index is 12.2. The molecule has 2 rings (SSSR count). The van der Waals surface area contributed by atoms with E-state index in [1.807, 2.05) is 52.9 Å². The zero-order valence-electron chi connectivity index (χ0n) is 16.1. The van der Waals surface area contributed by atoms with Crippen molar-refractivity contribution in [1.29, 1.82) is 0 Å². The second-order valence-corrected chi connectivity index (χ2v) is 6.43. The molecule has 0 aliphatic rings. The summed E-state index contributed by atoms with van der Waals surface area (Å²) >= 11 is 0. The van der Waals surface area contributed by atoms with Gasteiger partial charge in [0.15, 0.2) is 6.10 Å². The number of nitrogens with one attached hydrogen (secondary N) is 1. The summed E-state index contributed by atoms with van der Waals surface area (Å²) in [4.78, 5) is 24.3. The molecule has 0 aliphatic heterocycles. The molecule has 6 nitrogen and oxygen atoms in total. The van der Waals surface area contributed by atoms with Gasteiger partial charge in [0, 0.05) is 30.1 Å². The minimum absolute atomic E-state index is 0.368. The third-order valence-electron chi connectivity index (χ3n) is 4.25. The van der Waals surface area contributed by atoms with E-state index in [2.05, 4.69) is 10.4 Å². The standard InChI is InChI=1S/C20H25N3O3/c1-12-7-9-18(13(2)11-12)21-20(25)16(5)26-19(24)10-8-17-14(3)22-23(6)15(17)4/h7-11,16H,1-6H3,(H,21,25)/b10-8+/t16-/m1/s1. The summed E-state index contributed by atoms with van der Waals surface area (Å²) in [7, 11) is 1.84. The highest BCUT2D eigenvalue weighted by Gasteiger charge is 2.17. The molecule has 1 aromatic heterocycles. The summed E-state index contributed by atoms with van der Waals surface area (Å²) in [5.41, 5.74) is 5.43. The molecule has 0 radical (unpaired) electrons. The van der Waals surface area contributed by atoms with Crippen LogP contribution in [0.3, 0.4) is 0 Å². The monoisotopic (exact) mass is 355 g/mol. The maximum Gasteiger partial charge on any atom is 0.331 e. The number of benzene rings is 1. The molecule has 0 unspecified atom stereocenters. The summed E-state index contributed by atoms with van der Waals surface area (Å²) in [6.07, 6.45) is 2.08. The molecule has 138 valence electrons. The molecule has 1 N–H and O–H groups in total. The minimum atomic E-state index is -0.899. The molecule has 0 fully saturated rings. The van der Waals surface area contributed by atoms with E-state index in [0.29, 0.717) is 5.69 Å². The van der Waals surface area contributed by atoms with Crippen LogP contribution in [0, 0.1) is 27.7 Å². The minimum Gasteiger partial charge on any atom is -0.449 e. The molecule has 0 spiro atoms. The Hall–Kier alpha value is -2.89. The number of aromatic nitrogens is 2. The van der Waals surface area contributed by atoms with Crippen molar-refractivity contribution < 1.29 is 14.3 Å². The maximum absolute atomic E-state index is 12.2. The van der Waals surface area contributed by atoms with E-state index in [9.17, 15) is 9.59 Å². The molecule has 2 aromatic rings. The van der Waals surface area contributed by atoms with Crippen molar-refractivity contribution in [2.24, 2.45) is 7.05 Å². The average molecular weight is 355 g/mol. The van der Waals surface area contributed by atoms with Crippen molar-refractivity contribution >= 4 is 23.6 Å². The van der Waals surface area contributed by atoms with Gasteiger partial charge in [-0.2, -0.15) is 5.10 Å². The first-order valence-corrected chi connectivity index (χ1v) is 8.46. The fourth-order valence-corrected chi connectivity index (χ4v) is 2.64. The van der Waals surface area contributed by atoms with Gasteiger partial charge >= 0.3 is 5.97 Å². The Bertz CT molecular complexity index is 865. The highest BCUT2D eigenvalue weighted by atomic mass is 16.5. The predicted octanol–water partition coefficient (Wildman–Crippen LogP) is 3.24. The van der Waals surface area contributed by atoms with Gasteiger partial charge in [-0.1, -0.05) is 17.7 Å². The highest BCUT2D eigenvalue weighted by Crippen LogP contribution is 2.17. The normalized spacial score (nSPS) is 12.2. The number of ether oxygens (including phenoxy) is 1. The number of aryl methyl sites for hydroxylation is 4. The van der Waals surface area contributed by atoms with Crippen LogP contribution in [0.2, 0.25) is 0 Å². The Morgan fingerprint density at radius 1 is 1.23 bits per heavy atom. The summed E-state index contributed by atoms with van der Waals surface area (Å²) < 4.78 is 6.94. The van der Waals surface area contributed by atoms with E-state index in [-0.39, 0.29) is 5.91 Å². The van der Waals surface area contributed by atoms with Gasteiger partial charge in [-0.05, 0) is 52.3 Å². The second kappa shape index (κ2) is 7.99. The first-order valence-electron chi connectivity index (χ1n) is 8.46. The van der Waals surface area contributed by atoms with Gasteiger partial charge in [0.25, 0.3) is 5.91 Å². The highest BCUT2D eigenvalue weighted by molar-refractivity contribution is 5.97. The average Bonchev–Trinajstić information content (AvgIpc) is 2.80. The van der Waals surface area contributed by atoms with Crippen molar-refractivity contribution in [3.63, 3.8) is 0 Å². The van der Waals surface area contributed by atoms with Crippen LogP contribution >= 0.6 is 0 Å². The van der Waals surface area contributed by atoms with E-state index in [1.165, 1.54) is 6.08 Å². The number of carbonyl (C=O) groups is 2. The van der Waals surface area contributed by atoms with Crippen LogP contribution < -0.4 is 5.32 Å². The van der Waals surface area contributed by atoms with E-state index in [4.69, 9.17) is 4.74 Å². The number of anilines is 1. The molecular weight excluding hydrogens is 330 g/mol. The molecule has 0 aliphatic carbocycles. The number of hydrogen-bond donors (Lipinski definition) is 1. The molecule has 1 aromatic carbocycles.